The summed E-state index contributed by atoms with van der Waals surface area (Å²) in [6, 6.07) is 0. The van der Waals surface area contributed by atoms with Crippen LogP contribution in [0.5, 0.6) is 0 Å². The summed E-state index contributed by atoms with van der Waals surface area (Å²) < 4.78 is 16.9. The Bertz CT molecular complexity index is 1800. The molecular formula is C77H126O6. The lowest BCUT2D eigenvalue weighted by atomic mass is 10.0. The van der Waals surface area contributed by atoms with E-state index in [1.807, 2.05) is 0 Å². The van der Waals surface area contributed by atoms with E-state index in [0.717, 1.165) is 148 Å². The Morgan fingerprint density at radius 1 is 0.253 bits per heavy atom. The second-order valence-corrected chi connectivity index (χ2v) is 22.4. The fourth-order valence-corrected chi connectivity index (χ4v) is 9.22. The first-order valence-electron chi connectivity index (χ1n) is 34.3. The molecule has 0 saturated heterocycles. The molecule has 0 bridgehead atoms. The highest BCUT2D eigenvalue weighted by molar-refractivity contribution is 5.71. The molecule has 0 spiro atoms. The smallest absolute Gasteiger partial charge is 0.306 e. The van der Waals surface area contributed by atoms with Gasteiger partial charge in [-0.3, -0.25) is 14.4 Å². The van der Waals surface area contributed by atoms with E-state index in [1.54, 1.807) is 0 Å². The van der Waals surface area contributed by atoms with Crippen LogP contribution in [-0.2, 0) is 28.6 Å². The van der Waals surface area contributed by atoms with Gasteiger partial charge < -0.3 is 14.2 Å². The summed E-state index contributed by atoms with van der Waals surface area (Å²) in [5.41, 5.74) is 0. The van der Waals surface area contributed by atoms with Crippen molar-refractivity contribution >= 4 is 17.9 Å². The Balaban J connectivity index is 4.39. The van der Waals surface area contributed by atoms with Crippen molar-refractivity contribution in [3.8, 4) is 0 Å². The minimum atomic E-state index is -0.807. The number of esters is 3. The summed E-state index contributed by atoms with van der Waals surface area (Å²) >= 11 is 0. The van der Waals surface area contributed by atoms with Crippen molar-refractivity contribution in [3.63, 3.8) is 0 Å². The van der Waals surface area contributed by atoms with E-state index in [9.17, 15) is 14.4 Å². The first-order chi connectivity index (χ1) is 41.0. The van der Waals surface area contributed by atoms with Gasteiger partial charge in [-0.15, -0.1) is 0 Å². The van der Waals surface area contributed by atoms with E-state index >= 15 is 0 Å². The van der Waals surface area contributed by atoms with Gasteiger partial charge in [-0.1, -0.05) is 308 Å². The minimum Gasteiger partial charge on any atom is -0.462 e. The van der Waals surface area contributed by atoms with Gasteiger partial charge in [0.05, 0.1) is 0 Å². The Hall–Kier alpha value is -4.71. The number of ether oxygens (including phenoxy) is 3. The van der Waals surface area contributed by atoms with Crippen molar-refractivity contribution in [3.05, 3.63) is 146 Å². The molecule has 0 amide bonds. The van der Waals surface area contributed by atoms with E-state index < -0.39 is 6.10 Å². The molecule has 6 heteroatoms. The zero-order chi connectivity index (χ0) is 59.9. The van der Waals surface area contributed by atoms with Crippen LogP contribution in [0.15, 0.2) is 146 Å². The van der Waals surface area contributed by atoms with Crippen LogP contribution in [0.4, 0.5) is 0 Å². The molecule has 0 aromatic heterocycles. The molecule has 0 aliphatic heterocycles. The Kier molecular flexibility index (Phi) is 65.8. The van der Waals surface area contributed by atoms with Crippen molar-refractivity contribution in [2.45, 2.75) is 309 Å². The summed E-state index contributed by atoms with van der Waals surface area (Å²) in [5.74, 6) is -0.953. The van der Waals surface area contributed by atoms with Crippen LogP contribution >= 0.6 is 0 Å². The molecule has 0 rings (SSSR count). The third-order valence-electron chi connectivity index (χ3n) is 14.3. The maximum atomic E-state index is 12.9. The molecule has 470 valence electrons. The standard InChI is InChI=1S/C77H126O6/c1-4-7-10-13-16-19-22-25-27-29-31-32-33-34-35-36-37-38-39-40-41-42-43-44-46-47-49-52-55-58-61-64-67-70-76(79)82-73-74(72-81-75(78)69-66-63-60-57-54-51-24-21-18-15-12-9-6-3)83-77(80)71-68-65-62-59-56-53-50-48-45-30-28-26-23-20-17-14-11-8-5-2/h7,10,12,15-16,19,21,24-25,27,31-32,34-35,37-38,40-41,43-44,47,49,55,58,74H,4-6,8-9,11,13-14,17-18,20,22-23,26,28-30,33,36,39,42,45-46,48,50-54,56-57,59-73H2,1-3H3/b10-7-,15-12-,19-16-,24-21-,27-25-,32-31-,35-34-,38-37-,41-40-,44-43-,49-47-,58-55-. The molecule has 1 atom stereocenters. The Morgan fingerprint density at radius 2 is 0.494 bits per heavy atom. The molecule has 1 unspecified atom stereocenters. The van der Waals surface area contributed by atoms with Gasteiger partial charge in [0.25, 0.3) is 0 Å². The van der Waals surface area contributed by atoms with Crippen LogP contribution < -0.4 is 0 Å². The molecule has 0 heterocycles. The SMILES string of the molecule is CC/C=C\C/C=C\C/C=C\C/C=C\C/C=C\C/C=C\C/C=C\C/C=C\C/C=C\C/C=C\CCCCC(=O)OCC(COC(=O)CCCCCCC/C=C\C/C=C\CCC)OC(=O)CCCCCCCCCCCCCCCCCCCCC. The van der Waals surface area contributed by atoms with Crippen molar-refractivity contribution < 1.29 is 28.6 Å². The number of hydrogen-bond acceptors (Lipinski definition) is 6. The molecule has 83 heavy (non-hydrogen) atoms. The van der Waals surface area contributed by atoms with Gasteiger partial charge in [-0.25, -0.2) is 0 Å². The predicted molar refractivity (Wildman–Crippen MR) is 362 cm³/mol. The molecule has 0 aromatic rings. The summed E-state index contributed by atoms with van der Waals surface area (Å²) in [7, 11) is 0. The van der Waals surface area contributed by atoms with Crippen LogP contribution in [0, 0.1) is 0 Å². The number of carbonyl (C=O) groups is 3. The second kappa shape index (κ2) is 69.8. The second-order valence-electron chi connectivity index (χ2n) is 22.4. The zero-order valence-corrected chi connectivity index (χ0v) is 53.9. The summed E-state index contributed by atoms with van der Waals surface area (Å²) in [5, 5.41) is 0. The average molecular weight is 1150 g/mol. The number of hydrogen-bond donors (Lipinski definition) is 0. The number of carbonyl (C=O) groups excluding carboxylic acids is 3. The minimum absolute atomic E-state index is 0.101. The van der Waals surface area contributed by atoms with E-state index in [1.165, 1.54) is 109 Å². The normalized spacial score (nSPS) is 13.0. The quantitative estimate of drug-likeness (QED) is 0.0261. The van der Waals surface area contributed by atoms with Crippen LogP contribution in [0.3, 0.4) is 0 Å². The monoisotopic (exact) mass is 1150 g/mol. The van der Waals surface area contributed by atoms with Gasteiger partial charge in [0, 0.05) is 19.3 Å². The highest BCUT2D eigenvalue weighted by Crippen LogP contribution is 2.16. The molecular weight excluding hydrogens is 1020 g/mol. The lowest BCUT2D eigenvalue weighted by molar-refractivity contribution is -0.167. The first kappa shape index (κ1) is 78.3. The van der Waals surface area contributed by atoms with Gasteiger partial charge in [0.15, 0.2) is 6.10 Å². The molecule has 0 N–H and O–H groups in total. The van der Waals surface area contributed by atoms with Crippen molar-refractivity contribution in [1.29, 1.82) is 0 Å². The third kappa shape index (κ3) is 68.0. The predicted octanol–water partition coefficient (Wildman–Crippen LogP) is 23.9. The maximum absolute atomic E-state index is 12.9. The number of unbranched alkanes of at least 4 members (excludes halogenated alkanes) is 26. The largest absolute Gasteiger partial charge is 0.462 e. The molecule has 0 aliphatic carbocycles. The van der Waals surface area contributed by atoms with E-state index in [-0.39, 0.29) is 31.1 Å². The van der Waals surface area contributed by atoms with E-state index in [2.05, 4.69) is 167 Å². The van der Waals surface area contributed by atoms with E-state index in [4.69, 9.17) is 14.2 Å². The van der Waals surface area contributed by atoms with E-state index in [0.29, 0.717) is 25.7 Å². The summed E-state index contributed by atoms with van der Waals surface area (Å²) in [6.45, 7) is 6.43. The average Bonchev–Trinajstić information content (AvgIpc) is 3.49. The highest BCUT2D eigenvalue weighted by atomic mass is 16.6. The van der Waals surface area contributed by atoms with Crippen LogP contribution in [-0.4, -0.2) is 37.2 Å². The number of allylic oxidation sites excluding steroid dienone is 24. The van der Waals surface area contributed by atoms with Gasteiger partial charge in [-0.2, -0.15) is 0 Å². The van der Waals surface area contributed by atoms with Crippen LogP contribution in [0.25, 0.3) is 0 Å². The fourth-order valence-electron chi connectivity index (χ4n) is 9.22. The highest BCUT2D eigenvalue weighted by Gasteiger charge is 2.19. The van der Waals surface area contributed by atoms with Crippen LogP contribution in [0.1, 0.15) is 303 Å². The Morgan fingerprint density at radius 3 is 0.807 bits per heavy atom. The molecule has 0 aliphatic rings. The van der Waals surface area contributed by atoms with Gasteiger partial charge in [-0.05, 0) is 122 Å². The topological polar surface area (TPSA) is 78.9 Å². The zero-order valence-electron chi connectivity index (χ0n) is 53.9. The van der Waals surface area contributed by atoms with Crippen molar-refractivity contribution in [2.75, 3.05) is 13.2 Å². The molecule has 0 saturated carbocycles. The van der Waals surface area contributed by atoms with Crippen molar-refractivity contribution in [1.82, 2.24) is 0 Å². The fraction of sp³-hybridized carbons (Fsp3) is 0.649. The van der Waals surface area contributed by atoms with Crippen LogP contribution in [0.2, 0.25) is 0 Å². The summed E-state index contributed by atoms with van der Waals surface area (Å²) in [6.07, 6.45) is 100. The lowest BCUT2D eigenvalue weighted by Gasteiger charge is -2.18. The first-order valence-corrected chi connectivity index (χ1v) is 34.3. The molecule has 6 nitrogen and oxygen atoms in total. The van der Waals surface area contributed by atoms with Gasteiger partial charge in [0.1, 0.15) is 13.2 Å². The Labute approximate surface area is 512 Å². The van der Waals surface area contributed by atoms with Gasteiger partial charge >= 0.3 is 17.9 Å². The molecule has 0 fully saturated rings. The lowest BCUT2D eigenvalue weighted by Crippen LogP contribution is -2.30. The van der Waals surface area contributed by atoms with Gasteiger partial charge in [0.2, 0.25) is 0 Å². The maximum Gasteiger partial charge on any atom is 0.306 e. The molecule has 0 aromatic carbocycles. The third-order valence-corrected chi connectivity index (χ3v) is 14.3. The van der Waals surface area contributed by atoms with Crippen molar-refractivity contribution in [2.24, 2.45) is 0 Å². The molecule has 0 radical (unpaired) electrons. The summed E-state index contributed by atoms with van der Waals surface area (Å²) in [4.78, 5) is 38.3. The number of rotatable bonds is 61.